The zero-order valence-corrected chi connectivity index (χ0v) is 19.1. The molecule has 0 radical (unpaired) electrons. The van der Waals surface area contributed by atoms with Crippen molar-refractivity contribution in [2.75, 3.05) is 18.4 Å². The summed E-state index contributed by atoms with van der Waals surface area (Å²) in [5.74, 6) is -1.64. The fraction of sp³-hybridized carbons (Fsp3) is 0.333. The molecule has 1 aliphatic heterocycles. The van der Waals surface area contributed by atoms with Crippen molar-refractivity contribution < 1.29 is 13.5 Å². The van der Waals surface area contributed by atoms with Gasteiger partial charge in [-0.3, -0.25) is 9.69 Å². The van der Waals surface area contributed by atoms with Gasteiger partial charge in [-0.15, -0.1) is 0 Å². The first kappa shape index (κ1) is 23.4. The van der Waals surface area contributed by atoms with Gasteiger partial charge in [0.1, 0.15) is 16.5 Å². The molecule has 0 bridgehead atoms. The van der Waals surface area contributed by atoms with E-state index in [9.17, 15) is 13.6 Å². The number of nitrogens with one attached hydrogen (secondary N) is 1. The average molecular weight is 475 g/mol. The molecule has 2 unspecified atom stereocenters. The predicted molar refractivity (Wildman–Crippen MR) is 124 cm³/mol. The molecule has 4 rings (SSSR count). The van der Waals surface area contributed by atoms with Crippen molar-refractivity contribution in [2.45, 2.75) is 39.1 Å². The Morgan fingerprint density at radius 1 is 1.09 bits per heavy atom. The highest BCUT2D eigenvalue weighted by Gasteiger charge is 2.22. The Hall–Kier alpha value is -2.81. The van der Waals surface area contributed by atoms with Crippen LogP contribution in [0.5, 0.6) is 0 Å². The molecule has 0 amide bonds. The van der Waals surface area contributed by atoms with E-state index in [0.29, 0.717) is 18.3 Å². The second-order valence-corrected chi connectivity index (χ2v) is 8.68. The number of anilines is 1. The summed E-state index contributed by atoms with van der Waals surface area (Å²) in [5.41, 5.74) is 1.68. The maximum atomic E-state index is 14.0. The normalized spacial score (nSPS) is 18.9. The Labute approximate surface area is 195 Å². The van der Waals surface area contributed by atoms with E-state index in [4.69, 9.17) is 16.3 Å². The summed E-state index contributed by atoms with van der Waals surface area (Å²) in [4.78, 5) is 15.0. The van der Waals surface area contributed by atoms with Crippen LogP contribution in [0.2, 0.25) is 5.02 Å². The Balaban J connectivity index is 1.41. The van der Waals surface area contributed by atoms with E-state index in [1.165, 1.54) is 11.8 Å². The van der Waals surface area contributed by atoms with Crippen LogP contribution in [0, 0.1) is 11.6 Å². The number of benzene rings is 2. The van der Waals surface area contributed by atoms with Gasteiger partial charge in [0.15, 0.2) is 5.82 Å². The minimum atomic E-state index is -0.901. The van der Waals surface area contributed by atoms with E-state index in [1.54, 1.807) is 0 Å². The second-order valence-electron chi connectivity index (χ2n) is 8.31. The lowest BCUT2D eigenvalue weighted by atomic mass is 10.1. The monoisotopic (exact) mass is 474 g/mol. The number of ether oxygens (including phenoxy) is 1. The lowest BCUT2D eigenvalue weighted by Gasteiger charge is -2.35. The largest absolute Gasteiger partial charge is 0.378 e. The van der Waals surface area contributed by atoms with Crippen LogP contribution in [-0.4, -0.2) is 40.0 Å². The topological polar surface area (TPSA) is 59.4 Å². The maximum Gasteiger partial charge on any atom is 0.292 e. The summed E-state index contributed by atoms with van der Waals surface area (Å²) < 4.78 is 33.8. The first-order valence-corrected chi connectivity index (χ1v) is 11.1. The van der Waals surface area contributed by atoms with E-state index >= 15 is 0 Å². The molecular weight excluding hydrogens is 450 g/mol. The van der Waals surface area contributed by atoms with Gasteiger partial charge in [-0.1, -0.05) is 35.9 Å². The van der Waals surface area contributed by atoms with Gasteiger partial charge in [0.05, 0.1) is 24.1 Å². The molecule has 0 saturated carbocycles. The zero-order valence-electron chi connectivity index (χ0n) is 18.4. The van der Waals surface area contributed by atoms with Gasteiger partial charge in [0.25, 0.3) is 5.56 Å². The molecule has 1 fully saturated rings. The molecule has 174 valence electrons. The molecule has 0 spiro atoms. The van der Waals surface area contributed by atoms with E-state index in [1.807, 2.05) is 12.1 Å². The molecule has 33 heavy (non-hydrogen) atoms. The molecular formula is C24H25ClF2N4O2. The number of halogens is 3. The van der Waals surface area contributed by atoms with Gasteiger partial charge in [0, 0.05) is 32.2 Å². The molecule has 1 N–H and O–H groups in total. The first-order valence-electron chi connectivity index (χ1n) is 10.7. The summed E-state index contributed by atoms with van der Waals surface area (Å²) in [5, 5.41) is 6.95. The van der Waals surface area contributed by atoms with E-state index in [-0.39, 0.29) is 22.9 Å². The second kappa shape index (κ2) is 9.99. The van der Waals surface area contributed by atoms with Gasteiger partial charge in [-0.25, -0.2) is 8.78 Å². The van der Waals surface area contributed by atoms with Crippen molar-refractivity contribution in [3.63, 3.8) is 0 Å². The molecule has 2 aromatic carbocycles. The quantitative estimate of drug-likeness (QED) is 0.574. The number of morpholine rings is 1. The fourth-order valence-corrected chi connectivity index (χ4v) is 4.21. The summed E-state index contributed by atoms with van der Waals surface area (Å²) >= 11 is 6.21. The number of nitrogens with zero attached hydrogens (tertiary/aromatic N) is 3. The highest BCUT2D eigenvalue weighted by atomic mass is 35.5. The molecule has 1 aliphatic rings. The fourth-order valence-electron chi connectivity index (χ4n) is 4.01. The van der Waals surface area contributed by atoms with Crippen LogP contribution in [0.25, 0.3) is 5.69 Å². The van der Waals surface area contributed by atoms with Crippen LogP contribution in [0.3, 0.4) is 0 Å². The molecule has 6 nitrogen and oxygen atoms in total. The highest BCUT2D eigenvalue weighted by molar-refractivity contribution is 6.32. The van der Waals surface area contributed by atoms with Gasteiger partial charge in [-0.05, 0) is 37.1 Å². The van der Waals surface area contributed by atoms with Crippen LogP contribution >= 0.6 is 11.6 Å². The average Bonchev–Trinajstić information content (AvgIpc) is 2.76. The molecule has 0 aliphatic carbocycles. The van der Waals surface area contributed by atoms with Crippen LogP contribution in [0.4, 0.5) is 14.5 Å². The summed E-state index contributed by atoms with van der Waals surface area (Å²) in [6, 6.07) is 11.1. The van der Waals surface area contributed by atoms with Crippen LogP contribution in [-0.2, 0) is 17.8 Å². The Bertz CT molecular complexity index is 1180. The SMILES string of the molecule is CC1CN(Cc2ccc(CNc3cnn(-c4ccc(F)cc4F)c(=O)c3Cl)cc2)CC(C)O1. The summed E-state index contributed by atoms with van der Waals surface area (Å²) in [6.07, 6.45) is 1.80. The lowest BCUT2D eigenvalue weighted by Crippen LogP contribution is -2.44. The number of rotatable bonds is 6. The minimum Gasteiger partial charge on any atom is -0.378 e. The van der Waals surface area contributed by atoms with Gasteiger partial charge in [-0.2, -0.15) is 9.78 Å². The van der Waals surface area contributed by atoms with Gasteiger partial charge < -0.3 is 10.1 Å². The van der Waals surface area contributed by atoms with Crippen molar-refractivity contribution in [3.8, 4) is 5.69 Å². The van der Waals surface area contributed by atoms with Gasteiger partial charge in [0.2, 0.25) is 0 Å². The van der Waals surface area contributed by atoms with Crippen molar-refractivity contribution in [1.29, 1.82) is 0 Å². The third-order valence-corrected chi connectivity index (χ3v) is 5.83. The van der Waals surface area contributed by atoms with Gasteiger partial charge >= 0.3 is 0 Å². The smallest absolute Gasteiger partial charge is 0.292 e. The third kappa shape index (κ3) is 5.58. The molecule has 1 aromatic heterocycles. The van der Waals surface area contributed by atoms with Crippen molar-refractivity contribution in [2.24, 2.45) is 0 Å². The molecule has 2 heterocycles. The molecule has 2 atom stereocenters. The van der Waals surface area contributed by atoms with Crippen molar-refractivity contribution >= 4 is 17.3 Å². The van der Waals surface area contributed by atoms with Crippen LogP contribution in [0.1, 0.15) is 25.0 Å². The highest BCUT2D eigenvalue weighted by Crippen LogP contribution is 2.20. The number of hydrogen-bond donors (Lipinski definition) is 1. The third-order valence-electron chi connectivity index (χ3n) is 5.46. The Morgan fingerprint density at radius 2 is 1.76 bits per heavy atom. The van der Waals surface area contributed by atoms with Crippen LogP contribution < -0.4 is 10.9 Å². The van der Waals surface area contributed by atoms with Crippen molar-refractivity contribution in [3.05, 3.63) is 86.8 Å². The van der Waals surface area contributed by atoms with Crippen LogP contribution in [0.15, 0.2) is 53.5 Å². The molecule has 9 heteroatoms. The number of hydrogen-bond acceptors (Lipinski definition) is 5. The zero-order chi connectivity index (χ0) is 23.5. The lowest BCUT2D eigenvalue weighted by molar-refractivity contribution is -0.0704. The van der Waals surface area contributed by atoms with E-state index < -0.39 is 17.2 Å². The van der Waals surface area contributed by atoms with E-state index in [0.717, 1.165) is 42.0 Å². The summed E-state index contributed by atoms with van der Waals surface area (Å²) in [7, 11) is 0. The van der Waals surface area contributed by atoms with E-state index in [2.05, 4.69) is 41.3 Å². The first-order chi connectivity index (χ1) is 15.8. The minimum absolute atomic E-state index is 0.124. The molecule has 3 aromatic rings. The summed E-state index contributed by atoms with van der Waals surface area (Å²) in [6.45, 7) is 7.29. The van der Waals surface area contributed by atoms with Crippen molar-refractivity contribution in [1.82, 2.24) is 14.7 Å². The standard InChI is InChI=1S/C24H25ClF2N4O2/c1-15-12-30(13-16(2)33-15)14-18-5-3-17(4-6-18)10-28-21-11-29-31(24(32)23(21)25)22-8-7-19(26)9-20(22)27/h3-9,11,15-16,28H,10,12-14H2,1-2H3. The predicted octanol–water partition coefficient (Wildman–Crippen LogP) is 4.39. The number of aromatic nitrogens is 2. The Kier molecular flexibility index (Phi) is 7.07. The Morgan fingerprint density at radius 3 is 2.42 bits per heavy atom. The maximum absolute atomic E-state index is 14.0. The molecule has 1 saturated heterocycles.